The summed E-state index contributed by atoms with van der Waals surface area (Å²) in [5, 5.41) is 6.57. The van der Waals surface area contributed by atoms with Gasteiger partial charge in [-0.2, -0.15) is 4.98 Å². The van der Waals surface area contributed by atoms with Crippen molar-refractivity contribution in [1.82, 2.24) is 15.3 Å². The van der Waals surface area contributed by atoms with E-state index in [0.717, 1.165) is 51.3 Å². The van der Waals surface area contributed by atoms with Gasteiger partial charge in [0, 0.05) is 13.2 Å². The molecule has 1 aromatic rings. The third-order valence-electron chi connectivity index (χ3n) is 3.17. The van der Waals surface area contributed by atoms with E-state index in [9.17, 15) is 0 Å². The molecule has 1 aliphatic rings. The van der Waals surface area contributed by atoms with Crippen molar-refractivity contribution in [2.75, 3.05) is 38.2 Å². The molecule has 0 unspecified atom stereocenters. The summed E-state index contributed by atoms with van der Waals surface area (Å²) in [5.41, 5.74) is 0. The number of hydrogen-bond acceptors (Lipinski definition) is 6. The van der Waals surface area contributed by atoms with Gasteiger partial charge in [-0.05, 0) is 39.3 Å². The van der Waals surface area contributed by atoms with Gasteiger partial charge in [0.05, 0.1) is 25.1 Å². The van der Waals surface area contributed by atoms with Crippen LogP contribution in [0.4, 0.5) is 5.82 Å². The van der Waals surface area contributed by atoms with Gasteiger partial charge < -0.3 is 20.1 Å². The van der Waals surface area contributed by atoms with Crippen LogP contribution in [-0.4, -0.2) is 48.9 Å². The Kier molecular flexibility index (Phi) is 6.53. The molecule has 0 radical (unpaired) electrons. The Balaban J connectivity index is 1.59. The first-order valence-corrected chi connectivity index (χ1v) is 7.39. The van der Waals surface area contributed by atoms with Crippen LogP contribution in [0.5, 0.6) is 5.88 Å². The number of rotatable bonds is 8. The van der Waals surface area contributed by atoms with Crippen LogP contribution in [0.15, 0.2) is 12.4 Å². The van der Waals surface area contributed by atoms with Crippen molar-refractivity contribution < 1.29 is 9.47 Å². The third kappa shape index (κ3) is 5.30. The van der Waals surface area contributed by atoms with E-state index < -0.39 is 0 Å². The highest BCUT2D eigenvalue weighted by Crippen LogP contribution is 2.09. The van der Waals surface area contributed by atoms with Crippen LogP contribution < -0.4 is 15.4 Å². The number of ether oxygens (including phenoxy) is 2. The van der Waals surface area contributed by atoms with Gasteiger partial charge in [-0.25, -0.2) is 0 Å². The topological polar surface area (TPSA) is 68.3 Å². The SMILES string of the molecule is CCOc1cncc(NCCCOC2CCNCC2)n1. The minimum atomic E-state index is 0.428. The highest BCUT2D eigenvalue weighted by Gasteiger charge is 2.12. The van der Waals surface area contributed by atoms with E-state index in [1.807, 2.05) is 6.92 Å². The third-order valence-corrected chi connectivity index (χ3v) is 3.17. The van der Waals surface area contributed by atoms with E-state index in [1.54, 1.807) is 12.4 Å². The van der Waals surface area contributed by atoms with Gasteiger partial charge >= 0.3 is 0 Å². The molecule has 6 heteroatoms. The normalized spacial score (nSPS) is 16.1. The summed E-state index contributed by atoms with van der Waals surface area (Å²) in [5.74, 6) is 1.31. The molecule has 2 rings (SSSR count). The van der Waals surface area contributed by atoms with Gasteiger partial charge in [0.15, 0.2) is 0 Å². The summed E-state index contributed by atoms with van der Waals surface area (Å²) < 4.78 is 11.2. The molecule has 0 spiro atoms. The molecule has 112 valence electrons. The molecule has 1 fully saturated rings. The van der Waals surface area contributed by atoms with Crippen LogP contribution in [-0.2, 0) is 4.74 Å². The maximum Gasteiger partial charge on any atom is 0.234 e. The van der Waals surface area contributed by atoms with E-state index in [1.165, 1.54) is 0 Å². The van der Waals surface area contributed by atoms with Crippen molar-refractivity contribution >= 4 is 5.82 Å². The van der Waals surface area contributed by atoms with Crippen molar-refractivity contribution in [2.24, 2.45) is 0 Å². The Morgan fingerprint density at radius 3 is 3.00 bits per heavy atom. The fourth-order valence-corrected chi connectivity index (χ4v) is 2.15. The molecule has 2 N–H and O–H groups in total. The van der Waals surface area contributed by atoms with Crippen LogP contribution in [0, 0.1) is 0 Å². The lowest BCUT2D eigenvalue weighted by Crippen LogP contribution is -2.32. The van der Waals surface area contributed by atoms with Gasteiger partial charge in [0.1, 0.15) is 5.82 Å². The Morgan fingerprint density at radius 2 is 2.20 bits per heavy atom. The fourth-order valence-electron chi connectivity index (χ4n) is 2.15. The summed E-state index contributed by atoms with van der Waals surface area (Å²) in [7, 11) is 0. The van der Waals surface area contributed by atoms with Crippen molar-refractivity contribution in [3.8, 4) is 5.88 Å². The van der Waals surface area contributed by atoms with E-state index in [4.69, 9.17) is 9.47 Å². The molecular formula is C14H24N4O2. The van der Waals surface area contributed by atoms with Crippen LogP contribution in [0.3, 0.4) is 0 Å². The number of aromatic nitrogens is 2. The fraction of sp³-hybridized carbons (Fsp3) is 0.714. The molecular weight excluding hydrogens is 256 g/mol. The second-order valence-electron chi connectivity index (χ2n) is 4.78. The zero-order valence-electron chi connectivity index (χ0n) is 12.1. The Bertz CT molecular complexity index is 383. The smallest absolute Gasteiger partial charge is 0.234 e. The average molecular weight is 280 g/mol. The monoisotopic (exact) mass is 280 g/mol. The standard InChI is InChI=1S/C14H24N4O2/c1-2-19-14-11-16-10-13(18-14)17-6-3-9-20-12-4-7-15-8-5-12/h10-12,15H,2-9H2,1H3,(H,17,18). The Morgan fingerprint density at radius 1 is 1.35 bits per heavy atom. The molecule has 0 aromatic carbocycles. The van der Waals surface area contributed by atoms with Crippen LogP contribution in [0.1, 0.15) is 26.2 Å². The first kappa shape index (κ1) is 15.0. The summed E-state index contributed by atoms with van der Waals surface area (Å²) in [6, 6.07) is 0. The van der Waals surface area contributed by atoms with Crippen molar-refractivity contribution in [3.05, 3.63) is 12.4 Å². The lowest BCUT2D eigenvalue weighted by molar-refractivity contribution is 0.0329. The quantitative estimate of drug-likeness (QED) is 0.702. The van der Waals surface area contributed by atoms with E-state index >= 15 is 0 Å². The summed E-state index contributed by atoms with van der Waals surface area (Å²) in [6.07, 6.45) is 6.96. The van der Waals surface area contributed by atoms with Gasteiger partial charge in [-0.15, -0.1) is 0 Å². The predicted molar refractivity (Wildman–Crippen MR) is 78.2 cm³/mol. The molecule has 1 aromatic heterocycles. The van der Waals surface area contributed by atoms with Crippen LogP contribution >= 0.6 is 0 Å². The molecule has 1 saturated heterocycles. The number of anilines is 1. The molecule has 20 heavy (non-hydrogen) atoms. The molecule has 1 aliphatic heterocycles. The summed E-state index contributed by atoms with van der Waals surface area (Å²) in [6.45, 7) is 6.29. The van der Waals surface area contributed by atoms with E-state index in [-0.39, 0.29) is 0 Å². The second-order valence-corrected chi connectivity index (χ2v) is 4.78. The first-order chi connectivity index (χ1) is 9.88. The van der Waals surface area contributed by atoms with Crippen molar-refractivity contribution in [2.45, 2.75) is 32.3 Å². The molecule has 0 atom stereocenters. The minimum absolute atomic E-state index is 0.428. The maximum absolute atomic E-state index is 5.84. The van der Waals surface area contributed by atoms with Gasteiger partial charge in [-0.1, -0.05) is 0 Å². The molecule has 0 amide bonds. The summed E-state index contributed by atoms with van der Waals surface area (Å²) in [4.78, 5) is 8.39. The van der Waals surface area contributed by atoms with Gasteiger partial charge in [0.25, 0.3) is 0 Å². The lowest BCUT2D eigenvalue weighted by atomic mass is 10.1. The highest BCUT2D eigenvalue weighted by atomic mass is 16.5. The zero-order chi connectivity index (χ0) is 14.0. The molecule has 0 bridgehead atoms. The van der Waals surface area contributed by atoms with E-state index in [0.29, 0.717) is 18.6 Å². The highest BCUT2D eigenvalue weighted by molar-refractivity contribution is 5.32. The van der Waals surface area contributed by atoms with E-state index in [2.05, 4.69) is 20.6 Å². The van der Waals surface area contributed by atoms with Crippen LogP contribution in [0.2, 0.25) is 0 Å². The van der Waals surface area contributed by atoms with Gasteiger partial charge in [-0.3, -0.25) is 4.98 Å². The Hall–Kier alpha value is -1.40. The molecule has 2 heterocycles. The largest absolute Gasteiger partial charge is 0.477 e. The molecule has 6 nitrogen and oxygen atoms in total. The summed E-state index contributed by atoms with van der Waals surface area (Å²) >= 11 is 0. The Labute approximate surface area is 120 Å². The van der Waals surface area contributed by atoms with Crippen molar-refractivity contribution in [3.63, 3.8) is 0 Å². The molecule has 0 saturated carbocycles. The predicted octanol–water partition coefficient (Wildman–Crippen LogP) is 1.45. The van der Waals surface area contributed by atoms with Crippen molar-refractivity contribution in [1.29, 1.82) is 0 Å². The zero-order valence-corrected chi connectivity index (χ0v) is 12.1. The molecule has 0 aliphatic carbocycles. The first-order valence-electron chi connectivity index (χ1n) is 7.39. The second kappa shape index (κ2) is 8.71. The van der Waals surface area contributed by atoms with Gasteiger partial charge in [0.2, 0.25) is 5.88 Å². The maximum atomic E-state index is 5.84. The minimum Gasteiger partial charge on any atom is -0.477 e. The number of piperidine rings is 1. The average Bonchev–Trinajstić information content (AvgIpc) is 2.49. The number of nitrogens with zero attached hydrogens (tertiary/aromatic N) is 2. The lowest BCUT2D eigenvalue weighted by Gasteiger charge is -2.22. The number of nitrogens with one attached hydrogen (secondary N) is 2. The van der Waals surface area contributed by atoms with Crippen LogP contribution in [0.25, 0.3) is 0 Å². The number of hydrogen-bond donors (Lipinski definition) is 2.